The van der Waals surface area contributed by atoms with Crippen LogP contribution in [0, 0.1) is 0 Å². The molecule has 8 nitrogen and oxygen atoms in total. The summed E-state index contributed by atoms with van der Waals surface area (Å²) in [5, 5.41) is 9.41. The number of carbonyl (C=O) groups excluding carboxylic acids is 2. The van der Waals surface area contributed by atoms with E-state index in [0.29, 0.717) is 18.8 Å². The summed E-state index contributed by atoms with van der Waals surface area (Å²) in [6.07, 6.45) is 1.46. The third-order valence-electron chi connectivity index (χ3n) is 5.51. The zero-order valence-electron chi connectivity index (χ0n) is 16.4. The maximum Gasteiger partial charge on any atom is 0.299 e. The number of methoxy groups -OCH3 is 1. The van der Waals surface area contributed by atoms with Crippen LogP contribution in [-0.2, 0) is 26.1 Å². The van der Waals surface area contributed by atoms with Crippen molar-refractivity contribution in [1.82, 2.24) is 4.31 Å². The van der Waals surface area contributed by atoms with Gasteiger partial charge in [0.1, 0.15) is 5.75 Å². The summed E-state index contributed by atoms with van der Waals surface area (Å²) in [6.45, 7) is 0.848. The maximum atomic E-state index is 13.1. The highest BCUT2D eigenvalue weighted by molar-refractivity contribution is 7.89. The number of hydrogen-bond acceptors (Lipinski definition) is 6. The highest BCUT2D eigenvalue weighted by Crippen LogP contribution is 2.34. The Morgan fingerprint density at radius 3 is 2.57 bits per heavy atom. The molecule has 0 bridgehead atoms. The van der Waals surface area contributed by atoms with Crippen molar-refractivity contribution in [3.8, 4) is 5.75 Å². The largest absolute Gasteiger partial charge is 0.508 e. The Morgan fingerprint density at radius 2 is 1.87 bits per heavy atom. The van der Waals surface area contributed by atoms with Crippen molar-refractivity contribution in [2.75, 3.05) is 25.2 Å². The highest BCUT2D eigenvalue weighted by atomic mass is 32.2. The molecular weight excluding hydrogens is 408 g/mol. The van der Waals surface area contributed by atoms with Crippen molar-refractivity contribution >= 4 is 27.4 Å². The molecule has 9 heteroatoms. The number of phenolic OH excluding ortho intramolecular Hbond substituents is 1. The summed E-state index contributed by atoms with van der Waals surface area (Å²) in [5.74, 6) is -1.33. The molecule has 1 saturated heterocycles. The van der Waals surface area contributed by atoms with Gasteiger partial charge in [0.15, 0.2) is 0 Å². The molecular formula is C21H22N2O6S. The van der Waals surface area contributed by atoms with Gasteiger partial charge in [0, 0.05) is 19.7 Å². The van der Waals surface area contributed by atoms with Gasteiger partial charge in [-0.3, -0.25) is 9.59 Å². The summed E-state index contributed by atoms with van der Waals surface area (Å²) in [6, 6.07) is 10.3. The summed E-state index contributed by atoms with van der Waals surface area (Å²) >= 11 is 0. The molecule has 2 heterocycles. The lowest BCUT2D eigenvalue weighted by atomic mass is 10.1. The van der Waals surface area contributed by atoms with Crippen molar-refractivity contribution in [2.24, 2.45) is 0 Å². The summed E-state index contributed by atoms with van der Waals surface area (Å²) in [4.78, 5) is 26.4. The van der Waals surface area contributed by atoms with Crippen molar-refractivity contribution in [1.29, 1.82) is 0 Å². The minimum Gasteiger partial charge on any atom is -0.508 e. The molecule has 30 heavy (non-hydrogen) atoms. The number of Topliss-reactive ketones (excluding diaryl/α,β-unsaturated/α-hetero) is 1. The minimum atomic E-state index is -3.81. The summed E-state index contributed by atoms with van der Waals surface area (Å²) in [5.41, 5.74) is 1.20. The number of anilines is 1. The van der Waals surface area contributed by atoms with Crippen LogP contribution in [0.25, 0.3) is 0 Å². The van der Waals surface area contributed by atoms with Crippen LogP contribution in [0.15, 0.2) is 47.4 Å². The Kier molecular flexibility index (Phi) is 5.35. The van der Waals surface area contributed by atoms with Gasteiger partial charge in [-0.15, -0.1) is 0 Å². The smallest absolute Gasteiger partial charge is 0.299 e. The molecule has 4 rings (SSSR count). The van der Waals surface area contributed by atoms with Crippen LogP contribution < -0.4 is 4.90 Å². The van der Waals surface area contributed by atoms with Crippen molar-refractivity contribution in [3.63, 3.8) is 0 Å². The van der Waals surface area contributed by atoms with E-state index in [1.165, 1.54) is 46.6 Å². The monoisotopic (exact) mass is 430 g/mol. The fraction of sp³-hybridized carbons (Fsp3) is 0.333. The molecule has 1 fully saturated rings. The van der Waals surface area contributed by atoms with E-state index in [4.69, 9.17) is 4.74 Å². The molecule has 1 atom stereocenters. The average molecular weight is 430 g/mol. The van der Waals surface area contributed by atoms with Crippen molar-refractivity contribution in [3.05, 3.63) is 53.6 Å². The highest BCUT2D eigenvalue weighted by Gasteiger charge is 2.39. The van der Waals surface area contributed by atoms with Crippen LogP contribution in [0.5, 0.6) is 5.75 Å². The molecule has 0 aromatic heterocycles. The quantitative estimate of drug-likeness (QED) is 0.702. The SMILES string of the molecule is COC[C@@H]1CCCN1S(=O)(=O)c1ccc2c(c1)C(=O)C(=O)N2Cc1ccc(O)cc1. The number of carbonyl (C=O) groups is 2. The van der Waals surface area contributed by atoms with Crippen molar-refractivity contribution < 1.29 is 27.9 Å². The lowest BCUT2D eigenvalue weighted by molar-refractivity contribution is -0.114. The molecule has 0 radical (unpaired) electrons. The molecule has 2 aliphatic rings. The number of sulfonamides is 1. The van der Waals surface area contributed by atoms with E-state index in [9.17, 15) is 23.1 Å². The number of fused-ring (bicyclic) bond motifs is 1. The zero-order valence-corrected chi connectivity index (χ0v) is 17.3. The van der Waals surface area contributed by atoms with Crippen LogP contribution in [0.2, 0.25) is 0 Å². The Hall–Kier alpha value is -2.75. The molecule has 0 spiro atoms. The average Bonchev–Trinajstić information content (AvgIpc) is 3.29. The molecule has 0 aliphatic carbocycles. The minimum absolute atomic E-state index is 0.00288. The number of amides is 1. The van der Waals surface area contributed by atoms with Gasteiger partial charge in [-0.05, 0) is 48.7 Å². The number of ether oxygens (including phenoxy) is 1. The molecule has 2 aromatic rings. The summed E-state index contributed by atoms with van der Waals surface area (Å²) < 4.78 is 32.9. The fourth-order valence-electron chi connectivity index (χ4n) is 4.00. The first kappa shape index (κ1) is 20.5. The van der Waals surface area contributed by atoms with Crippen LogP contribution in [0.1, 0.15) is 28.8 Å². The molecule has 0 saturated carbocycles. The Balaban J connectivity index is 1.65. The molecule has 1 N–H and O–H groups in total. The normalized spacial score (nSPS) is 19.5. The van der Waals surface area contributed by atoms with Crippen LogP contribution in [-0.4, -0.2) is 55.8 Å². The van der Waals surface area contributed by atoms with Gasteiger partial charge in [-0.1, -0.05) is 12.1 Å². The predicted molar refractivity (Wildman–Crippen MR) is 109 cm³/mol. The third-order valence-corrected chi connectivity index (χ3v) is 7.46. The number of phenols is 1. The van der Waals surface area contributed by atoms with Crippen LogP contribution in [0.4, 0.5) is 5.69 Å². The third kappa shape index (κ3) is 3.49. The molecule has 1 amide bonds. The topological polar surface area (TPSA) is 104 Å². The second kappa shape index (κ2) is 7.82. The standard InChI is InChI=1S/C21H22N2O6S/c1-29-13-15-3-2-10-23(15)30(27,28)17-8-9-19-18(11-17)20(25)21(26)22(19)12-14-4-6-16(24)7-5-14/h4-9,11,15,24H,2-3,10,12-13H2,1H3/t15-/m0/s1. The van der Waals surface area contributed by atoms with E-state index >= 15 is 0 Å². The van der Waals surface area contributed by atoms with Crippen LogP contribution >= 0.6 is 0 Å². The van der Waals surface area contributed by atoms with E-state index in [-0.39, 0.29) is 28.8 Å². The van der Waals surface area contributed by atoms with Gasteiger partial charge in [-0.2, -0.15) is 4.31 Å². The van der Waals surface area contributed by atoms with E-state index < -0.39 is 21.7 Å². The van der Waals surface area contributed by atoms with E-state index in [0.717, 1.165) is 18.4 Å². The predicted octanol–water partition coefficient (Wildman–Crippen LogP) is 1.92. The number of hydrogen-bond donors (Lipinski definition) is 1. The molecule has 2 aromatic carbocycles. The Bertz CT molecular complexity index is 1100. The first-order valence-electron chi connectivity index (χ1n) is 9.62. The van der Waals surface area contributed by atoms with Crippen molar-refractivity contribution in [2.45, 2.75) is 30.3 Å². The zero-order chi connectivity index (χ0) is 21.5. The number of nitrogens with zero attached hydrogens (tertiary/aromatic N) is 2. The first-order valence-corrected chi connectivity index (χ1v) is 11.1. The van der Waals surface area contributed by atoms with E-state index in [1.54, 1.807) is 12.1 Å². The second-order valence-corrected chi connectivity index (χ2v) is 9.32. The second-order valence-electron chi connectivity index (χ2n) is 7.43. The molecule has 2 aliphatic heterocycles. The fourth-order valence-corrected chi connectivity index (χ4v) is 5.71. The molecule has 158 valence electrons. The number of ketones is 1. The van der Waals surface area contributed by atoms with Gasteiger partial charge in [0.05, 0.1) is 29.3 Å². The van der Waals surface area contributed by atoms with E-state index in [1.807, 2.05) is 0 Å². The van der Waals surface area contributed by atoms with Gasteiger partial charge < -0.3 is 14.7 Å². The number of rotatable bonds is 6. The van der Waals surface area contributed by atoms with Gasteiger partial charge in [0.2, 0.25) is 10.0 Å². The maximum absolute atomic E-state index is 13.1. The molecule has 0 unspecified atom stereocenters. The van der Waals surface area contributed by atoms with Gasteiger partial charge in [-0.25, -0.2) is 8.42 Å². The van der Waals surface area contributed by atoms with Crippen LogP contribution in [0.3, 0.4) is 0 Å². The Labute approximate surface area is 174 Å². The Morgan fingerprint density at radius 1 is 1.13 bits per heavy atom. The van der Waals surface area contributed by atoms with Gasteiger partial charge in [0.25, 0.3) is 11.7 Å². The number of aromatic hydroxyl groups is 1. The summed E-state index contributed by atoms with van der Waals surface area (Å²) in [7, 11) is -2.28. The van der Waals surface area contributed by atoms with Gasteiger partial charge >= 0.3 is 0 Å². The lowest BCUT2D eigenvalue weighted by Crippen LogP contribution is -2.38. The number of benzene rings is 2. The first-order chi connectivity index (χ1) is 14.3. The van der Waals surface area contributed by atoms with E-state index in [2.05, 4.69) is 0 Å². The lowest BCUT2D eigenvalue weighted by Gasteiger charge is -2.24.